The number of benzene rings is 1. The summed E-state index contributed by atoms with van der Waals surface area (Å²) in [6.45, 7) is -0.503. The summed E-state index contributed by atoms with van der Waals surface area (Å²) in [5.74, 6) is -0.978. The van der Waals surface area contributed by atoms with Crippen LogP contribution in [0.25, 0.3) is 0 Å². The summed E-state index contributed by atoms with van der Waals surface area (Å²) in [5, 5.41) is 26.8. The van der Waals surface area contributed by atoms with E-state index >= 15 is 0 Å². The second-order valence-corrected chi connectivity index (χ2v) is 3.45. The second kappa shape index (κ2) is 6.09. The maximum absolute atomic E-state index is 10.7. The first-order valence-electron chi connectivity index (χ1n) is 4.94. The minimum atomic E-state index is -0.978. The number of aliphatic hydroxyl groups excluding tert-OH is 2. The number of carboxylic acids is 1. The molecule has 0 aliphatic heterocycles. The predicted octanol–water partition coefficient (Wildman–Crippen LogP) is -0.0692. The van der Waals surface area contributed by atoms with Gasteiger partial charge in [-0.1, -0.05) is 18.2 Å². The molecule has 0 saturated carbocycles. The van der Waals surface area contributed by atoms with Crippen molar-refractivity contribution in [2.75, 3.05) is 24.6 Å². The maximum Gasteiger partial charge on any atom is 0.323 e. The van der Waals surface area contributed by atoms with Crippen LogP contribution in [0.15, 0.2) is 30.3 Å². The number of carbonyl (C=O) groups is 1. The van der Waals surface area contributed by atoms with Gasteiger partial charge < -0.3 is 20.2 Å². The molecular formula is C11H15NO4. The normalized spacial score (nSPS) is 12.1. The summed E-state index contributed by atoms with van der Waals surface area (Å²) >= 11 is 0. The van der Waals surface area contributed by atoms with Crippen LogP contribution in [0.5, 0.6) is 0 Å². The highest BCUT2D eigenvalue weighted by atomic mass is 16.4. The Bertz CT molecular complexity index is 328. The van der Waals surface area contributed by atoms with Crippen molar-refractivity contribution in [3.63, 3.8) is 0 Å². The Morgan fingerprint density at radius 3 is 2.44 bits per heavy atom. The molecule has 5 heteroatoms. The van der Waals surface area contributed by atoms with Crippen molar-refractivity contribution in [1.29, 1.82) is 0 Å². The van der Waals surface area contributed by atoms with Gasteiger partial charge in [-0.05, 0) is 12.1 Å². The lowest BCUT2D eigenvalue weighted by Gasteiger charge is -2.24. The Morgan fingerprint density at radius 1 is 1.31 bits per heavy atom. The number of anilines is 1. The van der Waals surface area contributed by atoms with Crippen molar-refractivity contribution in [2.45, 2.75) is 6.10 Å². The van der Waals surface area contributed by atoms with E-state index in [4.69, 9.17) is 10.2 Å². The Kier molecular flexibility index (Phi) is 4.75. The zero-order chi connectivity index (χ0) is 12.0. The average molecular weight is 225 g/mol. The monoisotopic (exact) mass is 225 g/mol. The summed E-state index contributed by atoms with van der Waals surface area (Å²) in [6, 6.07) is 8.91. The van der Waals surface area contributed by atoms with Crippen molar-refractivity contribution in [2.24, 2.45) is 0 Å². The topological polar surface area (TPSA) is 81.0 Å². The fourth-order valence-electron chi connectivity index (χ4n) is 1.38. The molecule has 1 unspecified atom stereocenters. The van der Waals surface area contributed by atoms with Crippen LogP contribution < -0.4 is 4.90 Å². The van der Waals surface area contributed by atoms with Crippen molar-refractivity contribution in [3.8, 4) is 0 Å². The largest absolute Gasteiger partial charge is 0.480 e. The molecule has 0 radical (unpaired) electrons. The zero-order valence-electron chi connectivity index (χ0n) is 8.78. The third-order valence-corrected chi connectivity index (χ3v) is 2.09. The molecule has 0 aliphatic carbocycles. The van der Waals surface area contributed by atoms with E-state index in [0.717, 1.165) is 0 Å². The molecule has 1 aromatic carbocycles. The molecule has 0 bridgehead atoms. The molecule has 0 aromatic heterocycles. The van der Waals surface area contributed by atoms with Crippen molar-refractivity contribution in [3.05, 3.63) is 30.3 Å². The molecule has 0 saturated heterocycles. The first kappa shape index (κ1) is 12.5. The standard InChI is InChI=1S/C11H15NO4/c13-8-10(14)6-12(7-11(15)16)9-4-2-1-3-5-9/h1-5,10,13-14H,6-8H2,(H,15,16). The number of hydrogen-bond donors (Lipinski definition) is 3. The molecule has 1 rings (SSSR count). The molecule has 0 amide bonds. The van der Waals surface area contributed by atoms with Gasteiger partial charge in [-0.3, -0.25) is 4.79 Å². The Hall–Kier alpha value is -1.59. The fraction of sp³-hybridized carbons (Fsp3) is 0.364. The van der Waals surface area contributed by atoms with E-state index in [-0.39, 0.29) is 19.7 Å². The van der Waals surface area contributed by atoms with Crippen molar-refractivity contribution >= 4 is 11.7 Å². The second-order valence-electron chi connectivity index (χ2n) is 3.45. The van der Waals surface area contributed by atoms with Crippen LogP contribution in [0.2, 0.25) is 0 Å². The average Bonchev–Trinajstić information content (AvgIpc) is 2.28. The van der Waals surface area contributed by atoms with E-state index in [1.807, 2.05) is 6.07 Å². The smallest absolute Gasteiger partial charge is 0.323 e. The van der Waals surface area contributed by atoms with Gasteiger partial charge >= 0.3 is 5.97 Å². The molecular weight excluding hydrogens is 210 g/mol. The minimum Gasteiger partial charge on any atom is -0.480 e. The van der Waals surface area contributed by atoms with E-state index in [0.29, 0.717) is 5.69 Å². The fourth-order valence-corrected chi connectivity index (χ4v) is 1.38. The lowest BCUT2D eigenvalue weighted by molar-refractivity contribution is -0.135. The maximum atomic E-state index is 10.7. The van der Waals surface area contributed by atoms with Crippen LogP contribution in [0, 0.1) is 0 Å². The van der Waals surface area contributed by atoms with Gasteiger partial charge in [0.1, 0.15) is 6.54 Å². The highest BCUT2D eigenvalue weighted by molar-refractivity contribution is 5.73. The molecule has 0 spiro atoms. The van der Waals surface area contributed by atoms with Gasteiger partial charge in [-0.15, -0.1) is 0 Å². The third kappa shape index (κ3) is 3.88. The van der Waals surface area contributed by atoms with E-state index < -0.39 is 12.1 Å². The summed E-state index contributed by atoms with van der Waals surface area (Å²) in [5.41, 5.74) is 0.706. The molecule has 0 fully saturated rings. The van der Waals surface area contributed by atoms with Gasteiger partial charge in [-0.2, -0.15) is 0 Å². The summed E-state index contributed by atoms with van der Waals surface area (Å²) in [7, 11) is 0. The van der Waals surface area contributed by atoms with Gasteiger partial charge in [0.05, 0.1) is 12.7 Å². The number of aliphatic carboxylic acids is 1. The lowest BCUT2D eigenvalue weighted by Crippen LogP contribution is -2.37. The van der Waals surface area contributed by atoms with E-state index in [9.17, 15) is 9.90 Å². The van der Waals surface area contributed by atoms with Crippen molar-refractivity contribution in [1.82, 2.24) is 0 Å². The number of aliphatic hydroxyl groups is 2. The zero-order valence-corrected chi connectivity index (χ0v) is 8.78. The number of carboxylic acid groups (broad SMARTS) is 1. The SMILES string of the molecule is O=C(O)CN(CC(O)CO)c1ccccc1. The van der Waals surface area contributed by atoms with Crippen LogP contribution >= 0.6 is 0 Å². The number of rotatable bonds is 6. The Balaban J connectivity index is 2.75. The summed E-state index contributed by atoms with van der Waals surface area (Å²) < 4.78 is 0. The Morgan fingerprint density at radius 2 is 1.94 bits per heavy atom. The highest BCUT2D eigenvalue weighted by Gasteiger charge is 2.14. The number of hydrogen-bond acceptors (Lipinski definition) is 4. The van der Waals surface area contributed by atoms with Crippen LogP contribution in [-0.4, -0.2) is 47.1 Å². The van der Waals surface area contributed by atoms with E-state index in [1.54, 1.807) is 24.3 Å². The molecule has 1 atom stereocenters. The van der Waals surface area contributed by atoms with Gasteiger partial charge in [0, 0.05) is 12.2 Å². The quantitative estimate of drug-likeness (QED) is 0.631. The molecule has 3 N–H and O–H groups in total. The van der Waals surface area contributed by atoms with Crippen LogP contribution in [-0.2, 0) is 4.79 Å². The van der Waals surface area contributed by atoms with Crippen LogP contribution in [0.1, 0.15) is 0 Å². The number of nitrogens with zero attached hydrogens (tertiary/aromatic N) is 1. The molecule has 88 valence electrons. The van der Waals surface area contributed by atoms with Gasteiger partial charge in [0.15, 0.2) is 0 Å². The molecule has 0 aliphatic rings. The predicted molar refractivity (Wildman–Crippen MR) is 59.4 cm³/mol. The summed E-state index contributed by atoms with van der Waals surface area (Å²) in [4.78, 5) is 12.2. The first-order chi connectivity index (χ1) is 7.63. The lowest BCUT2D eigenvalue weighted by atomic mass is 10.2. The van der Waals surface area contributed by atoms with E-state index in [2.05, 4.69) is 0 Å². The molecule has 0 heterocycles. The first-order valence-corrected chi connectivity index (χ1v) is 4.94. The Labute approximate surface area is 93.6 Å². The van der Waals surface area contributed by atoms with Crippen LogP contribution in [0.4, 0.5) is 5.69 Å². The van der Waals surface area contributed by atoms with E-state index in [1.165, 1.54) is 4.90 Å². The highest BCUT2D eigenvalue weighted by Crippen LogP contribution is 2.13. The number of para-hydroxylation sites is 1. The molecule has 16 heavy (non-hydrogen) atoms. The van der Waals surface area contributed by atoms with Gasteiger partial charge in [0.25, 0.3) is 0 Å². The van der Waals surface area contributed by atoms with Gasteiger partial charge in [0.2, 0.25) is 0 Å². The van der Waals surface area contributed by atoms with Gasteiger partial charge in [-0.25, -0.2) is 0 Å². The minimum absolute atomic E-state index is 0.0901. The summed E-state index contributed by atoms with van der Waals surface area (Å²) in [6.07, 6.45) is -0.945. The van der Waals surface area contributed by atoms with Crippen molar-refractivity contribution < 1.29 is 20.1 Å². The molecule has 5 nitrogen and oxygen atoms in total. The third-order valence-electron chi connectivity index (χ3n) is 2.09. The molecule has 1 aromatic rings. The van der Waals surface area contributed by atoms with Crippen LogP contribution in [0.3, 0.4) is 0 Å².